The van der Waals surface area contributed by atoms with Crippen molar-refractivity contribution in [2.45, 2.75) is 12.8 Å². The summed E-state index contributed by atoms with van der Waals surface area (Å²) in [5.74, 6) is 1.60. The van der Waals surface area contributed by atoms with E-state index in [2.05, 4.69) is 56.6 Å². The number of aromatic amines is 1. The third kappa shape index (κ3) is 3.16. The molecule has 118 valence electrons. The van der Waals surface area contributed by atoms with Gasteiger partial charge in [0.15, 0.2) is 0 Å². The standard InChI is InChI=1S/C19H22N4/c1-2-6-16(7-3-1)23-12-10-15(11-13-23)14-20-19-21-17-8-4-5-9-18(17)22-19/h1-9,15H,10-14H2,(H2,20,21,22). The van der Waals surface area contributed by atoms with Gasteiger partial charge in [0.25, 0.3) is 0 Å². The molecule has 0 amide bonds. The number of hydrogen-bond acceptors (Lipinski definition) is 3. The van der Waals surface area contributed by atoms with Crippen molar-refractivity contribution in [2.24, 2.45) is 5.92 Å². The van der Waals surface area contributed by atoms with Gasteiger partial charge in [-0.05, 0) is 43.0 Å². The summed E-state index contributed by atoms with van der Waals surface area (Å²) in [6.45, 7) is 3.26. The minimum absolute atomic E-state index is 0.711. The zero-order chi connectivity index (χ0) is 15.5. The molecule has 0 spiro atoms. The van der Waals surface area contributed by atoms with E-state index in [-0.39, 0.29) is 0 Å². The Morgan fingerprint density at radius 3 is 2.52 bits per heavy atom. The summed E-state index contributed by atoms with van der Waals surface area (Å²) in [6.07, 6.45) is 2.45. The van der Waals surface area contributed by atoms with Gasteiger partial charge in [0.2, 0.25) is 5.95 Å². The lowest BCUT2D eigenvalue weighted by Gasteiger charge is -2.33. The molecule has 2 heterocycles. The summed E-state index contributed by atoms with van der Waals surface area (Å²) in [4.78, 5) is 10.4. The first-order chi connectivity index (χ1) is 11.4. The van der Waals surface area contributed by atoms with Crippen LogP contribution in [-0.2, 0) is 0 Å². The van der Waals surface area contributed by atoms with Crippen LogP contribution in [0.25, 0.3) is 11.0 Å². The fraction of sp³-hybridized carbons (Fsp3) is 0.316. The largest absolute Gasteiger partial charge is 0.372 e. The Balaban J connectivity index is 1.31. The van der Waals surface area contributed by atoms with Gasteiger partial charge in [-0.3, -0.25) is 0 Å². The van der Waals surface area contributed by atoms with Gasteiger partial charge in [-0.25, -0.2) is 4.98 Å². The number of benzene rings is 2. The molecular weight excluding hydrogens is 284 g/mol. The molecule has 2 aromatic carbocycles. The van der Waals surface area contributed by atoms with Gasteiger partial charge in [-0.15, -0.1) is 0 Å². The van der Waals surface area contributed by atoms with Crippen LogP contribution in [0.3, 0.4) is 0 Å². The Labute approximate surface area is 136 Å². The fourth-order valence-electron chi connectivity index (χ4n) is 3.31. The number of fused-ring (bicyclic) bond motifs is 1. The fourth-order valence-corrected chi connectivity index (χ4v) is 3.31. The summed E-state index contributed by atoms with van der Waals surface area (Å²) in [6, 6.07) is 18.9. The highest BCUT2D eigenvalue weighted by molar-refractivity contribution is 5.77. The monoisotopic (exact) mass is 306 g/mol. The Morgan fingerprint density at radius 1 is 1.00 bits per heavy atom. The molecule has 4 heteroatoms. The van der Waals surface area contributed by atoms with Gasteiger partial charge in [0.1, 0.15) is 0 Å². The molecule has 0 saturated carbocycles. The van der Waals surface area contributed by atoms with E-state index in [1.807, 2.05) is 18.2 Å². The van der Waals surface area contributed by atoms with Crippen LogP contribution >= 0.6 is 0 Å². The number of piperidine rings is 1. The molecule has 0 radical (unpaired) electrons. The van der Waals surface area contributed by atoms with E-state index in [0.717, 1.165) is 36.6 Å². The Morgan fingerprint density at radius 2 is 1.74 bits per heavy atom. The molecule has 1 aromatic heterocycles. The summed E-state index contributed by atoms with van der Waals surface area (Å²) < 4.78 is 0. The molecule has 0 atom stereocenters. The summed E-state index contributed by atoms with van der Waals surface area (Å²) in [7, 11) is 0. The van der Waals surface area contributed by atoms with Crippen LogP contribution in [0.5, 0.6) is 0 Å². The zero-order valence-electron chi connectivity index (χ0n) is 13.2. The topological polar surface area (TPSA) is 44.0 Å². The molecule has 0 unspecified atom stereocenters. The highest BCUT2D eigenvalue weighted by atomic mass is 15.1. The van der Waals surface area contributed by atoms with Crippen molar-refractivity contribution >= 4 is 22.7 Å². The van der Waals surface area contributed by atoms with E-state index < -0.39 is 0 Å². The van der Waals surface area contributed by atoms with E-state index in [9.17, 15) is 0 Å². The van der Waals surface area contributed by atoms with E-state index in [0.29, 0.717) is 5.92 Å². The van der Waals surface area contributed by atoms with Gasteiger partial charge >= 0.3 is 0 Å². The van der Waals surface area contributed by atoms with Gasteiger partial charge in [-0.1, -0.05) is 30.3 Å². The molecule has 1 aliphatic rings. The first-order valence-corrected chi connectivity index (χ1v) is 8.37. The Bertz CT molecular complexity index is 724. The quantitative estimate of drug-likeness (QED) is 0.768. The highest BCUT2D eigenvalue weighted by Crippen LogP contribution is 2.23. The molecule has 0 bridgehead atoms. The molecule has 1 aliphatic heterocycles. The van der Waals surface area contributed by atoms with Crippen LogP contribution < -0.4 is 10.2 Å². The summed E-state index contributed by atoms with van der Waals surface area (Å²) in [5.41, 5.74) is 3.46. The molecule has 4 nitrogen and oxygen atoms in total. The normalized spacial score (nSPS) is 15.9. The zero-order valence-corrected chi connectivity index (χ0v) is 13.2. The maximum atomic E-state index is 4.58. The van der Waals surface area contributed by atoms with Crippen LogP contribution in [0.4, 0.5) is 11.6 Å². The lowest BCUT2D eigenvalue weighted by atomic mass is 9.96. The van der Waals surface area contributed by atoms with Crippen molar-refractivity contribution in [3.63, 3.8) is 0 Å². The number of H-pyrrole nitrogens is 1. The van der Waals surface area contributed by atoms with Gasteiger partial charge in [0.05, 0.1) is 11.0 Å². The molecule has 0 aliphatic carbocycles. The Kier molecular flexibility index (Phi) is 3.88. The van der Waals surface area contributed by atoms with E-state index >= 15 is 0 Å². The smallest absolute Gasteiger partial charge is 0.201 e. The van der Waals surface area contributed by atoms with E-state index in [4.69, 9.17) is 0 Å². The Hall–Kier alpha value is -2.49. The number of imidazole rings is 1. The number of nitrogens with one attached hydrogen (secondary N) is 2. The average Bonchev–Trinajstić information content (AvgIpc) is 3.04. The number of nitrogens with zero attached hydrogens (tertiary/aromatic N) is 2. The van der Waals surface area contributed by atoms with Crippen LogP contribution in [0, 0.1) is 5.92 Å². The van der Waals surface area contributed by atoms with Gasteiger partial charge in [-0.2, -0.15) is 0 Å². The maximum absolute atomic E-state index is 4.58. The van der Waals surface area contributed by atoms with Crippen LogP contribution in [-0.4, -0.2) is 29.6 Å². The minimum Gasteiger partial charge on any atom is -0.372 e. The van der Waals surface area contributed by atoms with Crippen LogP contribution in [0.2, 0.25) is 0 Å². The molecule has 23 heavy (non-hydrogen) atoms. The molecule has 1 saturated heterocycles. The molecule has 1 fully saturated rings. The predicted molar refractivity (Wildman–Crippen MR) is 96.0 cm³/mol. The molecule has 3 aromatic rings. The molecular formula is C19H22N4. The summed E-state index contributed by atoms with van der Waals surface area (Å²) in [5, 5.41) is 3.47. The maximum Gasteiger partial charge on any atom is 0.201 e. The van der Waals surface area contributed by atoms with Crippen molar-refractivity contribution in [3.05, 3.63) is 54.6 Å². The number of rotatable bonds is 4. The second-order valence-electron chi connectivity index (χ2n) is 6.25. The van der Waals surface area contributed by atoms with Crippen molar-refractivity contribution in [2.75, 3.05) is 29.9 Å². The first-order valence-electron chi connectivity index (χ1n) is 8.37. The van der Waals surface area contributed by atoms with Crippen LogP contribution in [0.1, 0.15) is 12.8 Å². The predicted octanol–water partition coefficient (Wildman–Crippen LogP) is 3.89. The van der Waals surface area contributed by atoms with Crippen molar-refractivity contribution in [3.8, 4) is 0 Å². The van der Waals surface area contributed by atoms with Gasteiger partial charge in [0, 0.05) is 25.3 Å². The lowest BCUT2D eigenvalue weighted by Crippen LogP contribution is -2.35. The van der Waals surface area contributed by atoms with Crippen molar-refractivity contribution in [1.82, 2.24) is 9.97 Å². The molecule has 4 rings (SSSR count). The summed E-state index contributed by atoms with van der Waals surface area (Å²) >= 11 is 0. The third-order valence-corrected chi connectivity index (χ3v) is 4.68. The second-order valence-corrected chi connectivity index (χ2v) is 6.25. The van der Waals surface area contributed by atoms with Crippen molar-refractivity contribution in [1.29, 1.82) is 0 Å². The van der Waals surface area contributed by atoms with E-state index in [1.54, 1.807) is 0 Å². The number of para-hydroxylation sites is 3. The molecule has 2 N–H and O–H groups in total. The second kappa shape index (κ2) is 6.32. The van der Waals surface area contributed by atoms with Crippen LogP contribution in [0.15, 0.2) is 54.6 Å². The minimum atomic E-state index is 0.711. The van der Waals surface area contributed by atoms with Gasteiger partial charge < -0.3 is 15.2 Å². The number of hydrogen-bond donors (Lipinski definition) is 2. The SMILES string of the molecule is c1ccc(N2CCC(CNc3nc4ccccc4[nH]3)CC2)cc1. The number of aromatic nitrogens is 2. The third-order valence-electron chi connectivity index (χ3n) is 4.68. The highest BCUT2D eigenvalue weighted by Gasteiger charge is 2.19. The number of anilines is 2. The first kappa shape index (κ1) is 14.1. The lowest BCUT2D eigenvalue weighted by molar-refractivity contribution is 0.423. The average molecular weight is 306 g/mol. The van der Waals surface area contributed by atoms with Crippen molar-refractivity contribution < 1.29 is 0 Å². The van der Waals surface area contributed by atoms with E-state index in [1.165, 1.54) is 18.5 Å².